The van der Waals surface area contributed by atoms with Crippen LogP contribution in [0.15, 0.2) is 53.5 Å². The van der Waals surface area contributed by atoms with Crippen LogP contribution in [0.25, 0.3) is 27.7 Å². The van der Waals surface area contributed by atoms with E-state index in [1.165, 1.54) is 21.4 Å². The number of hydrogen-bond acceptors (Lipinski definition) is 3. The van der Waals surface area contributed by atoms with Crippen molar-refractivity contribution in [2.45, 2.75) is 6.92 Å². The molecule has 130 valence electrons. The highest BCUT2D eigenvalue weighted by Crippen LogP contribution is 2.26. The van der Waals surface area contributed by atoms with E-state index in [1.807, 2.05) is 12.1 Å². The molecule has 0 unspecified atom stereocenters. The zero-order chi connectivity index (χ0) is 18.4. The van der Waals surface area contributed by atoms with Crippen LogP contribution in [0.4, 0.5) is 8.78 Å². The fraction of sp³-hybridized carbons (Fsp3) is 0.105. The van der Waals surface area contributed by atoms with Gasteiger partial charge in [0.1, 0.15) is 17.2 Å². The van der Waals surface area contributed by atoms with Gasteiger partial charge in [-0.15, -0.1) is 5.10 Å². The minimum absolute atomic E-state index is 0.0807. The second-order valence-corrected chi connectivity index (χ2v) is 6.06. The molecule has 2 aromatic heterocycles. The van der Waals surface area contributed by atoms with Crippen molar-refractivity contribution in [3.63, 3.8) is 0 Å². The first kappa shape index (κ1) is 16.1. The average Bonchev–Trinajstić information content (AvgIpc) is 2.99. The highest BCUT2D eigenvalue weighted by molar-refractivity contribution is 5.86. The van der Waals surface area contributed by atoms with E-state index in [0.29, 0.717) is 16.8 Å². The summed E-state index contributed by atoms with van der Waals surface area (Å²) in [6, 6.07) is 10.5. The number of benzene rings is 2. The van der Waals surface area contributed by atoms with Crippen LogP contribution in [0.5, 0.6) is 0 Å². The molecule has 0 amide bonds. The van der Waals surface area contributed by atoms with Gasteiger partial charge < -0.3 is 4.57 Å². The molecule has 0 spiro atoms. The molecule has 0 aliphatic carbocycles. The summed E-state index contributed by atoms with van der Waals surface area (Å²) in [5.41, 5.74) is 1.98. The van der Waals surface area contributed by atoms with Gasteiger partial charge in [0.15, 0.2) is 5.82 Å². The van der Waals surface area contributed by atoms with Crippen molar-refractivity contribution < 1.29 is 8.78 Å². The van der Waals surface area contributed by atoms with E-state index in [0.717, 1.165) is 17.0 Å². The van der Waals surface area contributed by atoms with Crippen molar-refractivity contribution >= 4 is 10.8 Å². The van der Waals surface area contributed by atoms with Crippen LogP contribution in [0.2, 0.25) is 0 Å². The maximum Gasteiger partial charge on any atom is 0.258 e. The molecule has 2 aromatic carbocycles. The highest BCUT2D eigenvalue weighted by atomic mass is 19.1. The molecule has 0 aliphatic rings. The summed E-state index contributed by atoms with van der Waals surface area (Å²) in [5.74, 6) is -1.37. The number of aryl methyl sites for hydroxylation is 1. The van der Waals surface area contributed by atoms with E-state index in [1.54, 1.807) is 32.3 Å². The van der Waals surface area contributed by atoms with Gasteiger partial charge in [0.25, 0.3) is 5.56 Å². The Hall–Kier alpha value is -3.35. The summed E-state index contributed by atoms with van der Waals surface area (Å²) < 4.78 is 30.0. The lowest BCUT2D eigenvalue weighted by molar-refractivity contribution is 0.570. The number of fused-ring (bicyclic) bond motifs is 1. The summed E-state index contributed by atoms with van der Waals surface area (Å²) >= 11 is 0. The molecule has 4 aromatic rings. The summed E-state index contributed by atoms with van der Waals surface area (Å²) in [5, 5.41) is 9.53. The molecule has 0 atom stereocenters. The molecule has 7 heteroatoms. The summed E-state index contributed by atoms with van der Waals surface area (Å²) in [4.78, 5) is 12.2. The van der Waals surface area contributed by atoms with Gasteiger partial charge in [-0.05, 0) is 42.6 Å². The van der Waals surface area contributed by atoms with E-state index in [4.69, 9.17) is 0 Å². The third-order valence-corrected chi connectivity index (χ3v) is 4.39. The Balaban J connectivity index is 1.85. The molecule has 0 bridgehead atoms. The van der Waals surface area contributed by atoms with Crippen molar-refractivity contribution in [1.29, 1.82) is 0 Å². The Kier molecular flexibility index (Phi) is 3.64. The monoisotopic (exact) mass is 352 g/mol. The molecule has 0 radical (unpaired) electrons. The number of halogens is 2. The van der Waals surface area contributed by atoms with Crippen LogP contribution in [0.1, 0.15) is 5.69 Å². The van der Waals surface area contributed by atoms with Gasteiger partial charge in [-0.2, -0.15) is 0 Å². The van der Waals surface area contributed by atoms with Gasteiger partial charge in [-0.3, -0.25) is 4.79 Å². The quantitative estimate of drug-likeness (QED) is 0.556. The van der Waals surface area contributed by atoms with Crippen molar-refractivity contribution in [2.24, 2.45) is 7.05 Å². The van der Waals surface area contributed by atoms with E-state index in [2.05, 4.69) is 10.3 Å². The van der Waals surface area contributed by atoms with Gasteiger partial charge in [-0.25, -0.2) is 13.5 Å². The van der Waals surface area contributed by atoms with Crippen LogP contribution in [-0.4, -0.2) is 19.6 Å². The molecule has 0 fully saturated rings. The SMILES string of the molecule is Cc1c(-c2ccc3c(=O)n(C)ccc3c2)nnn1-c1ccc(F)cc1F. The first-order chi connectivity index (χ1) is 12.5. The third-order valence-electron chi connectivity index (χ3n) is 4.39. The number of rotatable bonds is 2. The molecular formula is C19H14F2N4O. The van der Waals surface area contributed by atoms with Crippen molar-refractivity contribution in [3.8, 4) is 16.9 Å². The maximum absolute atomic E-state index is 14.1. The van der Waals surface area contributed by atoms with E-state index in [-0.39, 0.29) is 11.2 Å². The standard InChI is InChI=1S/C19H14F2N4O/c1-11-18(22-23-25(11)17-6-4-14(20)10-16(17)21)13-3-5-15-12(9-13)7-8-24(2)19(15)26/h3-10H,1-2H3. The molecule has 0 aliphatic heterocycles. The zero-order valence-corrected chi connectivity index (χ0v) is 14.1. The minimum atomic E-state index is -0.716. The van der Waals surface area contributed by atoms with E-state index < -0.39 is 11.6 Å². The van der Waals surface area contributed by atoms with Gasteiger partial charge in [0.2, 0.25) is 0 Å². The lowest BCUT2D eigenvalue weighted by Gasteiger charge is -2.06. The lowest BCUT2D eigenvalue weighted by atomic mass is 10.1. The Bertz CT molecular complexity index is 1210. The van der Waals surface area contributed by atoms with Gasteiger partial charge in [0, 0.05) is 30.3 Å². The third kappa shape index (κ3) is 2.48. The van der Waals surface area contributed by atoms with Crippen molar-refractivity contribution in [2.75, 3.05) is 0 Å². The Morgan fingerprint density at radius 1 is 1.04 bits per heavy atom. The van der Waals surface area contributed by atoms with Crippen LogP contribution >= 0.6 is 0 Å². The zero-order valence-electron chi connectivity index (χ0n) is 14.1. The molecule has 0 saturated heterocycles. The minimum Gasteiger partial charge on any atom is -0.318 e. The molecule has 5 nitrogen and oxygen atoms in total. The average molecular weight is 352 g/mol. The summed E-state index contributed by atoms with van der Waals surface area (Å²) in [6.07, 6.45) is 1.70. The smallest absolute Gasteiger partial charge is 0.258 e. The molecule has 0 saturated carbocycles. The Morgan fingerprint density at radius 3 is 2.62 bits per heavy atom. The van der Waals surface area contributed by atoms with Crippen molar-refractivity contribution in [1.82, 2.24) is 19.6 Å². The fourth-order valence-electron chi connectivity index (χ4n) is 2.97. The summed E-state index contributed by atoms with van der Waals surface area (Å²) in [7, 11) is 1.70. The van der Waals surface area contributed by atoms with Gasteiger partial charge in [0.05, 0.1) is 5.69 Å². The largest absolute Gasteiger partial charge is 0.318 e. The molecule has 0 N–H and O–H groups in total. The molecular weight excluding hydrogens is 338 g/mol. The maximum atomic E-state index is 14.1. The Labute approximate surface area is 147 Å². The van der Waals surface area contributed by atoms with Crippen LogP contribution in [0, 0.1) is 18.6 Å². The lowest BCUT2D eigenvalue weighted by Crippen LogP contribution is -2.15. The van der Waals surface area contributed by atoms with Crippen LogP contribution in [0.3, 0.4) is 0 Å². The van der Waals surface area contributed by atoms with Gasteiger partial charge in [-0.1, -0.05) is 11.3 Å². The number of nitrogens with zero attached hydrogens (tertiary/aromatic N) is 4. The van der Waals surface area contributed by atoms with Gasteiger partial charge >= 0.3 is 0 Å². The van der Waals surface area contributed by atoms with E-state index >= 15 is 0 Å². The second kappa shape index (κ2) is 5.87. The predicted molar refractivity (Wildman–Crippen MR) is 94.2 cm³/mol. The number of pyridine rings is 1. The van der Waals surface area contributed by atoms with Crippen LogP contribution < -0.4 is 5.56 Å². The fourth-order valence-corrected chi connectivity index (χ4v) is 2.97. The summed E-state index contributed by atoms with van der Waals surface area (Å²) in [6.45, 7) is 1.76. The first-order valence-corrected chi connectivity index (χ1v) is 7.93. The Morgan fingerprint density at radius 2 is 1.85 bits per heavy atom. The van der Waals surface area contributed by atoms with Crippen LogP contribution in [-0.2, 0) is 7.05 Å². The molecule has 26 heavy (non-hydrogen) atoms. The molecule has 2 heterocycles. The molecule has 4 rings (SSSR count). The highest BCUT2D eigenvalue weighted by Gasteiger charge is 2.16. The van der Waals surface area contributed by atoms with E-state index in [9.17, 15) is 13.6 Å². The predicted octanol–water partition coefficient (Wildman–Crippen LogP) is 3.37. The first-order valence-electron chi connectivity index (χ1n) is 7.93. The normalized spacial score (nSPS) is 11.2. The second-order valence-electron chi connectivity index (χ2n) is 6.06. The number of hydrogen-bond donors (Lipinski definition) is 0. The topological polar surface area (TPSA) is 52.7 Å². The number of aromatic nitrogens is 4. The van der Waals surface area contributed by atoms with Crippen molar-refractivity contribution in [3.05, 3.63) is 76.3 Å².